The molecule has 0 N–H and O–H groups in total. The Hall–Kier alpha value is -3.71. The predicted molar refractivity (Wildman–Crippen MR) is 103 cm³/mol. The van der Waals surface area contributed by atoms with E-state index in [1.54, 1.807) is 19.4 Å². The van der Waals surface area contributed by atoms with E-state index in [1.807, 2.05) is 60.7 Å². The SMILES string of the molecule is Cn1c(C#N)c(-c2ccccc2)c2cc(-c3cccnc3)ccc2c1=O. The van der Waals surface area contributed by atoms with Crippen molar-refractivity contribution < 1.29 is 0 Å². The molecule has 4 rings (SSSR count). The fourth-order valence-electron chi connectivity index (χ4n) is 3.26. The molecule has 0 aliphatic rings. The maximum Gasteiger partial charge on any atom is 0.259 e. The number of nitrogens with zero attached hydrogens (tertiary/aromatic N) is 3. The van der Waals surface area contributed by atoms with E-state index < -0.39 is 0 Å². The first-order valence-electron chi connectivity index (χ1n) is 8.23. The first-order valence-corrected chi connectivity index (χ1v) is 8.23. The molecule has 124 valence electrons. The van der Waals surface area contributed by atoms with Gasteiger partial charge in [-0.3, -0.25) is 9.78 Å². The minimum absolute atomic E-state index is 0.172. The molecule has 2 aromatic carbocycles. The first kappa shape index (κ1) is 15.8. The van der Waals surface area contributed by atoms with Gasteiger partial charge in [-0.05, 0) is 34.7 Å². The second-order valence-corrected chi connectivity index (χ2v) is 6.07. The zero-order valence-corrected chi connectivity index (χ0v) is 14.2. The summed E-state index contributed by atoms with van der Waals surface area (Å²) in [4.78, 5) is 16.9. The van der Waals surface area contributed by atoms with Crippen molar-refractivity contribution in [3.05, 3.63) is 89.1 Å². The number of hydrogen-bond acceptors (Lipinski definition) is 3. The smallest absolute Gasteiger partial charge is 0.259 e. The number of nitriles is 1. The summed E-state index contributed by atoms with van der Waals surface area (Å²) in [6, 6.07) is 21.5. The second kappa shape index (κ2) is 6.30. The molecule has 0 radical (unpaired) electrons. The lowest BCUT2D eigenvalue weighted by molar-refractivity contribution is 0.856. The lowest BCUT2D eigenvalue weighted by Crippen LogP contribution is -2.20. The van der Waals surface area contributed by atoms with E-state index in [0.717, 1.165) is 27.6 Å². The molecule has 26 heavy (non-hydrogen) atoms. The predicted octanol–water partition coefficient (Wildman–Crippen LogP) is 4.14. The van der Waals surface area contributed by atoms with Crippen LogP contribution in [0.1, 0.15) is 5.69 Å². The van der Waals surface area contributed by atoms with Gasteiger partial charge in [0.2, 0.25) is 0 Å². The lowest BCUT2D eigenvalue weighted by atomic mass is 9.94. The Morgan fingerprint density at radius 1 is 0.923 bits per heavy atom. The molecule has 0 amide bonds. The summed E-state index contributed by atoms with van der Waals surface area (Å²) in [5, 5.41) is 11.1. The van der Waals surface area contributed by atoms with Crippen LogP contribution in [0.3, 0.4) is 0 Å². The van der Waals surface area contributed by atoms with E-state index in [9.17, 15) is 10.1 Å². The molecule has 0 spiro atoms. The average molecular weight is 337 g/mol. The summed E-state index contributed by atoms with van der Waals surface area (Å²) in [7, 11) is 1.64. The van der Waals surface area contributed by atoms with Crippen molar-refractivity contribution in [1.29, 1.82) is 5.26 Å². The van der Waals surface area contributed by atoms with Crippen LogP contribution in [0.2, 0.25) is 0 Å². The molecule has 0 aliphatic heterocycles. The highest BCUT2D eigenvalue weighted by molar-refractivity contribution is 6.00. The van der Waals surface area contributed by atoms with E-state index in [4.69, 9.17) is 0 Å². The summed E-state index contributed by atoms with van der Waals surface area (Å²) in [5.74, 6) is 0. The fraction of sp³-hybridized carbons (Fsp3) is 0.0455. The van der Waals surface area contributed by atoms with Gasteiger partial charge < -0.3 is 4.57 Å². The Labute approximate surface area is 150 Å². The van der Waals surface area contributed by atoms with Crippen LogP contribution < -0.4 is 5.56 Å². The molecule has 0 bridgehead atoms. The summed E-state index contributed by atoms with van der Waals surface area (Å²) in [5.41, 5.74) is 3.79. The van der Waals surface area contributed by atoms with Crippen LogP contribution >= 0.6 is 0 Å². The largest absolute Gasteiger partial charge is 0.302 e. The van der Waals surface area contributed by atoms with Gasteiger partial charge in [-0.25, -0.2) is 0 Å². The van der Waals surface area contributed by atoms with E-state index in [2.05, 4.69) is 11.1 Å². The van der Waals surface area contributed by atoms with E-state index in [0.29, 0.717) is 11.1 Å². The molecular weight excluding hydrogens is 322 g/mol. The average Bonchev–Trinajstić information content (AvgIpc) is 2.71. The van der Waals surface area contributed by atoms with Crippen LogP contribution in [-0.4, -0.2) is 9.55 Å². The third-order valence-electron chi connectivity index (χ3n) is 4.56. The van der Waals surface area contributed by atoms with Crippen LogP contribution in [-0.2, 0) is 7.05 Å². The number of rotatable bonds is 2. The van der Waals surface area contributed by atoms with Gasteiger partial charge in [0.15, 0.2) is 0 Å². The van der Waals surface area contributed by atoms with Crippen molar-refractivity contribution in [3.8, 4) is 28.3 Å². The van der Waals surface area contributed by atoms with Crippen molar-refractivity contribution in [3.63, 3.8) is 0 Å². The van der Waals surface area contributed by atoms with Crippen molar-refractivity contribution in [2.24, 2.45) is 7.05 Å². The molecule has 0 atom stereocenters. The quantitative estimate of drug-likeness (QED) is 0.552. The molecule has 0 saturated heterocycles. The van der Waals surface area contributed by atoms with Crippen LogP contribution in [0.15, 0.2) is 77.9 Å². The Kier molecular flexibility index (Phi) is 3.83. The number of fused-ring (bicyclic) bond motifs is 1. The number of hydrogen-bond donors (Lipinski definition) is 0. The zero-order chi connectivity index (χ0) is 18.1. The molecule has 0 unspecified atom stereocenters. The highest BCUT2D eigenvalue weighted by Gasteiger charge is 2.16. The van der Waals surface area contributed by atoms with Gasteiger partial charge in [-0.15, -0.1) is 0 Å². The maximum absolute atomic E-state index is 12.7. The molecule has 4 aromatic rings. The Bertz CT molecular complexity index is 1200. The summed E-state index contributed by atoms with van der Waals surface area (Å²) in [6.45, 7) is 0. The van der Waals surface area contributed by atoms with E-state index in [1.165, 1.54) is 4.57 Å². The van der Waals surface area contributed by atoms with Gasteiger partial charge in [-0.1, -0.05) is 42.5 Å². The third kappa shape index (κ3) is 2.47. The number of benzene rings is 2. The topological polar surface area (TPSA) is 58.7 Å². The summed E-state index contributed by atoms with van der Waals surface area (Å²) >= 11 is 0. The fourth-order valence-corrected chi connectivity index (χ4v) is 3.26. The highest BCUT2D eigenvalue weighted by Crippen LogP contribution is 2.32. The number of aromatic nitrogens is 2. The minimum atomic E-state index is -0.172. The van der Waals surface area contributed by atoms with Gasteiger partial charge >= 0.3 is 0 Å². The van der Waals surface area contributed by atoms with Crippen LogP contribution in [0.5, 0.6) is 0 Å². The van der Waals surface area contributed by atoms with Gasteiger partial charge in [-0.2, -0.15) is 5.26 Å². The van der Waals surface area contributed by atoms with Crippen molar-refractivity contribution in [2.45, 2.75) is 0 Å². The molecule has 0 aliphatic carbocycles. The third-order valence-corrected chi connectivity index (χ3v) is 4.56. The van der Waals surface area contributed by atoms with Gasteiger partial charge in [0.25, 0.3) is 5.56 Å². The maximum atomic E-state index is 12.7. The monoisotopic (exact) mass is 337 g/mol. The zero-order valence-electron chi connectivity index (χ0n) is 14.2. The molecule has 4 nitrogen and oxygen atoms in total. The lowest BCUT2D eigenvalue weighted by Gasteiger charge is -2.14. The molecule has 0 fully saturated rings. The van der Waals surface area contributed by atoms with Crippen molar-refractivity contribution in [1.82, 2.24) is 9.55 Å². The van der Waals surface area contributed by atoms with Gasteiger partial charge in [0, 0.05) is 36.0 Å². The summed E-state index contributed by atoms with van der Waals surface area (Å²) in [6.07, 6.45) is 3.51. The van der Waals surface area contributed by atoms with E-state index in [-0.39, 0.29) is 5.56 Å². The molecule has 0 saturated carbocycles. The molecule has 2 aromatic heterocycles. The molecule has 2 heterocycles. The number of pyridine rings is 2. The van der Waals surface area contributed by atoms with Crippen LogP contribution in [0, 0.1) is 11.3 Å². The Balaban J connectivity index is 2.14. The van der Waals surface area contributed by atoms with Crippen molar-refractivity contribution in [2.75, 3.05) is 0 Å². The molecular formula is C22H15N3O. The summed E-state index contributed by atoms with van der Waals surface area (Å²) < 4.78 is 1.43. The van der Waals surface area contributed by atoms with Crippen molar-refractivity contribution >= 4 is 10.8 Å². The van der Waals surface area contributed by atoms with E-state index >= 15 is 0 Å². The minimum Gasteiger partial charge on any atom is -0.302 e. The standard InChI is InChI=1S/C22H15N3O/c1-25-20(13-23)21(15-6-3-2-4-7-15)19-12-16(9-10-18(19)22(25)26)17-8-5-11-24-14-17/h2-12,14H,1H3. The van der Waals surface area contributed by atoms with Gasteiger partial charge in [0.05, 0.1) is 0 Å². The van der Waals surface area contributed by atoms with Gasteiger partial charge in [0.1, 0.15) is 11.8 Å². The normalized spacial score (nSPS) is 10.6. The Morgan fingerprint density at radius 2 is 1.69 bits per heavy atom. The highest BCUT2D eigenvalue weighted by atomic mass is 16.1. The second-order valence-electron chi connectivity index (χ2n) is 6.07. The first-order chi connectivity index (χ1) is 12.7. The van der Waals surface area contributed by atoms with Crippen LogP contribution in [0.25, 0.3) is 33.0 Å². The Morgan fingerprint density at radius 3 is 2.38 bits per heavy atom. The van der Waals surface area contributed by atoms with Crippen LogP contribution in [0.4, 0.5) is 0 Å². The molecule has 4 heteroatoms.